The van der Waals surface area contributed by atoms with Crippen LogP contribution in [-0.2, 0) is 23.8 Å². The normalized spacial score (nSPS) is 14.2. The van der Waals surface area contributed by atoms with E-state index in [4.69, 9.17) is 14.2 Å². The maximum Gasteiger partial charge on any atom is 0.247 e. The highest BCUT2D eigenvalue weighted by atomic mass is 19.1. The minimum Gasteiger partial charge on any atom is -0.377 e. The molecule has 0 aromatic rings. The Bertz CT molecular complexity index is 315. The molecule has 0 rings (SSSR count). The summed E-state index contributed by atoms with van der Waals surface area (Å²) >= 11 is 0. The standard InChI is InChI=1S/C17H34FNO5/c1-13(2)6-7-15(5)23-11-10-21-8-9-22-12-16(18)24-19-17(20)14(3)4/h13-16H,6-12H2,1-5H3,(H,19,20). The summed E-state index contributed by atoms with van der Waals surface area (Å²) in [6.07, 6.45) is 0.738. The van der Waals surface area contributed by atoms with Gasteiger partial charge in [-0.3, -0.25) is 4.79 Å². The summed E-state index contributed by atoms with van der Waals surface area (Å²) in [6.45, 7) is 11.2. The van der Waals surface area contributed by atoms with Gasteiger partial charge in [0, 0.05) is 5.92 Å². The number of halogens is 1. The first kappa shape index (κ1) is 23.2. The largest absolute Gasteiger partial charge is 0.377 e. The van der Waals surface area contributed by atoms with E-state index in [0.29, 0.717) is 25.7 Å². The second-order valence-corrected chi connectivity index (χ2v) is 6.49. The van der Waals surface area contributed by atoms with Crippen LogP contribution in [0.1, 0.15) is 47.5 Å². The maximum atomic E-state index is 13.3. The number of hydrogen-bond acceptors (Lipinski definition) is 5. The summed E-state index contributed by atoms with van der Waals surface area (Å²) in [7, 11) is 0. The molecule has 0 aliphatic rings. The van der Waals surface area contributed by atoms with Crippen LogP contribution in [-0.4, -0.2) is 51.4 Å². The lowest BCUT2D eigenvalue weighted by molar-refractivity contribution is -0.163. The van der Waals surface area contributed by atoms with Gasteiger partial charge in [0.25, 0.3) is 0 Å². The quantitative estimate of drug-likeness (QED) is 0.363. The molecule has 0 aliphatic heterocycles. The predicted molar refractivity (Wildman–Crippen MR) is 90.1 cm³/mol. The van der Waals surface area contributed by atoms with Crippen molar-refractivity contribution >= 4 is 5.91 Å². The van der Waals surface area contributed by atoms with E-state index in [1.807, 2.05) is 5.48 Å². The van der Waals surface area contributed by atoms with E-state index in [2.05, 4.69) is 25.6 Å². The van der Waals surface area contributed by atoms with Gasteiger partial charge >= 0.3 is 0 Å². The molecule has 6 nitrogen and oxygen atoms in total. The Labute approximate surface area is 145 Å². The van der Waals surface area contributed by atoms with E-state index in [1.54, 1.807) is 13.8 Å². The maximum absolute atomic E-state index is 13.3. The van der Waals surface area contributed by atoms with Crippen molar-refractivity contribution in [1.82, 2.24) is 5.48 Å². The molecule has 0 bridgehead atoms. The first-order valence-corrected chi connectivity index (χ1v) is 8.69. The number of carbonyl (C=O) groups excluding carboxylic acids is 1. The topological polar surface area (TPSA) is 66.0 Å². The van der Waals surface area contributed by atoms with Crippen molar-refractivity contribution in [2.75, 3.05) is 33.0 Å². The molecular formula is C17H34FNO5. The lowest BCUT2D eigenvalue weighted by atomic mass is 10.1. The zero-order valence-electron chi connectivity index (χ0n) is 15.7. The molecule has 0 aliphatic carbocycles. The average Bonchev–Trinajstić information content (AvgIpc) is 2.52. The number of ether oxygens (including phenoxy) is 3. The number of alkyl halides is 1. The molecular weight excluding hydrogens is 317 g/mol. The highest BCUT2D eigenvalue weighted by molar-refractivity contribution is 5.76. The lowest BCUT2D eigenvalue weighted by Crippen LogP contribution is -2.32. The van der Waals surface area contributed by atoms with Crippen molar-refractivity contribution in [1.29, 1.82) is 0 Å². The van der Waals surface area contributed by atoms with Crippen molar-refractivity contribution in [3.8, 4) is 0 Å². The summed E-state index contributed by atoms with van der Waals surface area (Å²) in [5.74, 6) is 0.0527. The third-order valence-corrected chi connectivity index (χ3v) is 3.21. The molecule has 1 amide bonds. The Morgan fingerprint density at radius 1 is 0.958 bits per heavy atom. The Morgan fingerprint density at radius 2 is 1.58 bits per heavy atom. The zero-order valence-corrected chi connectivity index (χ0v) is 15.7. The van der Waals surface area contributed by atoms with Crippen LogP contribution in [0.2, 0.25) is 0 Å². The molecule has 0 heterocycles. The number of carbonyl (C=O) groups is 1. The van der Waals surface area contributed by atoms with Crippen LogP contribution in [0, 0.1) is 11.8 Å². The zero-order chi connectivity index (χ0) is 18.4. The molecule has 24 heavy (non-hydrogen) atoms. The van der Waals surface area contributed by atoms with Crippen LogP contribution in [0.4, 0.5) is 4.39 Å². The highest BCUT2D eigenvalue weighted by Crippen LogP contribution is 2.08. The molecule has 0 fully saturated rings. The van der Waals surface area contributed by atoms with Gasteiger partial charge in [0.05, 0.1) is 32.5 Å². The van der Waals surface area contributed by atoms with E-state index >= 15 is 0 Å². The molecule has 144 valence electrons. The number of hydrogen-bond donors (Lipinski definition) is 1. The van der Waals surface area contributed by atoms with E-state index in [9.17, 15) is 9.18 Å². The monoisotopic (exact) mass is 351 g/mol. The molecule has 0 radical (unpaired) electrons. The van der Waals surface area contributed by atoms with Gasteiger partial charge in [-0.1, -0.05) is 27.7 Å². The fraction of sp³-hybridized carbons (Fsp3) is 0.941. The summed E-state index contributed by atoms with van der Waals surface area (Å²) in [5, 5.41) is 0. The number of nitrogens with one attached hydrogen (secondary N) is 1. The second kappa shape index (κ2) is 14.6. The fourth-order valence-electron chi connectivity index (χ4n) is 1.63. The van der Waals surface area contributed by atoms with Crippen LogP contribution in [0.3, 0.4) is 0 Å². The highest BCUT2D eigenvalue weighted by Gasteiger charge is 2.12. The Hall–Kier alpha value is -0.760. The summed E-state index contributed by atoms with van der Waals surface area (Å²) < 4.78 is 29.3. The Morgan fingerprint density at radius 3 is 2.21 bits per heavy atom. The molecule has 2 unspecified atom stereocenters. The number of amides is 1. The van der Waals surface area contributed by atoms with Gasteiger partial charge in [0.1, 0.15) is 6.61 Å². The summed E-state index contributed by atoms with van der Waals surface area (Å²) in [4.78, 5) is 15.7. The SMILES string of the molecule is CC(C)CCC(C)OCCOCCOCC(F)ONC(=O)C(C)C. The molecule has 7 heteroatoms. The van der Waals surface area contributed by atoms with E-state index in [1.165, 1.54) is 0 Å². The van der Waals surface area contributed by atoms with Gasteiger partial charge in [-0.2, -0.15) is 0 Å². The minimum atomic E-state index is -1.70. The van der Waals surface area contributed by atoms with E-state index in [-0.39, 0.29) is 31.1 Å². The Balaban J connectivity index is 3.37. The molecule has 0 spiro atoms. The Kier molecular flexibility index (Phi) is 14.1. The van der Waals surface area contributed by atoms with Crippen molar-refractivity contribution in [3.05, 3.63) is 0 Å². The lowest BCUT2D eigenvalue weighted by Gasteiger charge is -2.14. The van der Waals surface area contributed by atoms with Crippen LogP contribution in [0.5, 0.6) is 0 Å². The number of rotatable bonds is 15. The summed E-state index contributed by atoms with van der Waals surface area (Å²) in [6, 6.07) is 0. The first-order chi connectivity index (χ1) is 11.3. The van der Waals surface area contributed by atoms with Gasteiger partial charge in [0.15, 0.2) is 0 Å². The molecule has 2 atom stereocenters. The predicted octanol–water partition coefficient (Wildman–Crippen LogP) is 2.86. The van der Waals surface area contributed by atoms with Gasteiger partial charge < -0.3 is 14.2 Å². The van der Waals surface area contributed by atoms with Crippen LogP contribution < -0.4 is 5.48 Å². The van der Waals surface area contributed by atoms with Crippen molar-refractivity contribution in [2.45, 2.75) is 59.9 Å². The third kappa shape index (κ3) is 14.8. The van der Waals surface area contributed by atoms with Crippen LogP contribution in [0.25, 0.3) is 0 Å². The van der Waals surface area contributed by atoms with Crippen LogP contribution in [0.15, 0.2) is 0 Å². The van der Waals surface area contributed by atoms with Crippen molar-refractivity contribution < 1.29 is 28.2 Å². The van der Waals surface area contributed by atoms with Crippen molar-refractivity contribution in [2.24, 2.45) is 11.8 Å². The molecule has 1 N–H and O–H groups in total. The molecule has 0 aromatic carbocycles. The smallest absolute Gasteiger partial charge is 0.247 e. The van der Waals surface area contributed by atoms with Gasteiger partial charge in [-0.25, -0.2) is 14.7 Å². The third-order valence-electron chi connectivity index (χ3n) is 3.21. The number of hydroxylamine groups is 1. The van der Waals surface area contributed by atoms with E-state index in [0.717, 1.165) is 12.8 Å². The second-order valence-electron chi connectivity index (χ2n) is 6.49. The van der Waals surface area contributed by atoms with E-state index < -0.39 is 6.36 Å². The van der Waals surface area contributed by atoms with Gasteiger partial charge in [-0.05, 0) is 25.7 Å². The molecule has 0 saturated carbocycles. The minimum absolute atomic E-state index is 0.234. The average molecular weight is 351 g/mol. The summed E-state index contributed by atoms with van der Waals surface area (Å²) in [5.41, 5.74) is 2.04. The van der Waals surface area contributed by atoms with Gasteiger partial charge in [0.2, 0.25) is 12.3 Å². The van der Waals surface area contributed by atoms with Crippen molar-refractivity contribution in [3.63, 3.8) is 0 Å². The first-order valence-electron chi connectivity index (χ1n) is 8.69. The van der Waals surface area contributed by atoms with Crippen LogP contribution >= 0.6 is 0 Å². The molecule has 0 aromatic heterocycles. The molecule has 0 saturated heterocycles. The van der Waals surface area contributed by atoms with Gasteiger partial charge in [-0.15, -0.1) is 0 Å². The fourth-order valence-corrected chi connectivity index (χ4v) is 1.63.